The fourth-order valence-electron chi connectivity index (χ4n) is 8.14. The van der Waals surface area contributed by atoms with Crippen molar-refractivity contribution in [1.29, 1.82) is 0 Å². The summed E-state index contributed by atoms with van der Waals surface area (Å²) in [6, 6.07) is -4.64. The van der Waals surface area contributed by atoms with Crippen LogP contribution in [0.1, 0.15) is 20.8 Å². The van der Waals surface area contributed by atoms with Gasteiger partial charge in [-0.15, -0.1) is 0 Å². The molecule has 29 nitrogen and oxygen atoms in total. The Labute approximate surface area is 369 Å². The van der Waals surface area contributed by atoms with Crippen molar-refractivity contribution in [2.45, 2.75) is 174 Å². The molecule has 5 rings (SSSR count). The molecule has 0 aliphatic carbocycles. The van der Waals surface area contributed by atoms with Gasteiger partial charge in [0.25, 0.3) is 0 Å². The van der Waals surface area contributed by atoms with Crippen LogP contribution in [0.15, 0.2) is 0 Å². The van der Waals surface area contributed by atoms with E-state index in [2.05, 4.69) is 16.0 Å². The first kappa shape index (κ1) is 53.4. The molecule has 17 N–H and O–H groups in total. The highest BCUT2D eigenvalue weighted by Crippen LogP contribution is 2.34. The Bertz CT molecular complexity index is 1560. The van der Waals surface area contributed by atoms with Gasteiger partial charge in [-0.3, -0.25) is 14.4 Å². The van der Waals surface area contributed by atoms with Crippen LogP contribution in [-0.2, 0) is 57.0 Å². The molecular weight excluding hydrogens is 890 g/mol. The van der Waals surface area contributed by atoms with Crippen LogP contribution in [0.2, 0.25) is 0 Å². The molecular formula is C36H61N3O26. The smallest absolute Gasteiger partial charge is 0.217 e. The Morgan fingerprint density at radius 3 is 1.34 bits per heavy atom. The largest absolute Gasteiger partial charge is 0.394 e. The first-order valence-electron chi connectivity index (χ1n) is 20.6. The number of nitrogens with one attached hydrogen (secondary N) is 3. The molecule has 25 atom stereocenters. The van der Waals surface area contributed by atoms with Crippen molar-refractivity contribution in [1.82, 2.24) is 16.0 Å². The zero-order valence-electron chi connectivity index (χ0n) is 35.1. The zero-order valence-corrected chi connectivity index (χ0v) is 35.1. The number of hydrogen-bond acceptors (Lipinski definition) is 26. The SMILES string of the molecule is CC(=O)N[C@@H]1[C@@H](O)[C@H](O[C@@H]2O[C@H](CO)[C@@H](O[C@@H]3O[C@H](CO[C@H]4O[C@H](CO)[C@@H](O)[C@H](O[C@@H]5O[C@H](CO)[C@@H](O)[C@H](O)[C@H]5NC(C)=O)[C@@H]4O)[C@@H](O)[C@H](O)[C@@H]3O)[C@H](O)[C@H]2NC(C)=O)[C@@H](CO)O[C@H]1O. The minimum absolute atomic E-state index is 0.682. The molecule has 65 heavy (non-hydrogen) atoms. The third kappa shape index (κ3) is 12.0. The number of carbonyl (C=O) groups is 3. The van der Waals surface area contributed by atoms with Crippen molar-refractivity contribution in [2.75, 3.05) is 33.0 Å². The number of hydrogen-bond donors (Lipinski definition) is 17. The van der Waals surface area contributed by atoms with Crippen molar-refractivity contribution in [3.05, 3.63) is 0 Å². The quantitative estimate of drug-likeness (QED) is 0.0683. The van der Waals surface area contributed by atoms with E-state index >= 15 is 0 Å². The average Bonchev–Trinajstić information content (AvgIpc) is 3.25. The minimum Gasteiger partial charge on any atom is -0.394 e. The Hall–Kier alpha value is -2.51. The highest BCUT2D eigenvalue weighted by Gasteiger charge is 2.56. The fraction of sp³-hybridized carbons (Fsp3) is 0.917. The summed E-state index contributed by atoms with van der Waals surface area (Å²) in [5.41, 5.74) is 0. The summed E-state index contributed by atoms with van der Waals surface area (Å²) in [6.07, 6.45) is -39.4. The van der Waals surface area contributed by atoms with E-state index in [0.717, 1.165) is 20.8 Å². The number of carbonyl (C=O) groups excluding carboxylic acids is 3. The molecule has 0 saturated carbocycles. The maximum atomic E-state index is 12.4. The van der Waals surface area contributed by atoms with E-state index < -0.39 is 204 Å². The highest BCUT2D eigenvalue weighted by atomic mass is 16.8. The Kier molecular flexibility index (Phi) is 19.1. The van der Waals surface area contributed by atoms with Crippen LogP contribution in [0, 0.1) is 0 Å². The maximum Gasteiger partial charge on any atom is 0.217 e. The normalized spacial score (nSPS) is 47.1. The lowest BCUT2D eigenvalue weighted by Gasteiger charge is -2.49. The van der Waals surface area contributed by atoms with Gasteiger partial charge in [-0.2, -0.15) is 0 Å². The Morgan fingerprint density at radius 1 is 0.400 bits per heavy atom. The topological polar surface area (TPSA) is 454 Å². The van der Waals surface area contributed by atoms with Gasteiger partial charge in [-0.1, -0.05) is 0 Å². The molecule has 0 aromatic heterocycles. The van der Waals surface area contributed by atoms with Crippen LogP contribution < -0.4 is 16.0 Å². The van der Waals surface area contributed by atoms with Crippen LogP contribution in [0.3, 0.4) is 0 Å². The summed E-state index contributed by atoms with van der Waals surface area (Å²) in [4.78, 5) is 36.0. The maximum absolute atomic E-state index is 12.4. The van der Waals surface area contributed by atoms with E-state index in [0.29, 0.717) is 0 Å². The standard InChI is InChI=1S/C36H61N3O26/c1-9(44)37-17-24(51)29(14(6-42)58-32(17)56)63-34-19(39-11(3)46)25(52)30(15(7-43)61-34)64-36-27(54)26(53)21(48)16(62-36)8-57-35-28(55)31(22(49)13(5-41)60-35)65-33-18(38-10(2)45)23(50)20(47)12(4-40)59-33/h12-36,40-43,47-56H,4-8H2,1-3H3,(H,37,44)(H,38,45)(H,39,46)/t12-,13-,14-,15-,16-,17-,18-,19-,20-,21-,22-,23-,24-,25-,26+,27+,28+,29-,30-,31+,32-,33+,34+,35+,36+/m1/s1. The van der Waals surface area contributed by atoms with Gasteiger partial charge >= 0.3 is 0 Å². The molecule has 0 radical (unpaired) electrons. The van der Waals surface area contributed by atoms with E-state index in [1.807, 2.05) is 0 Å². The monoisotopic (exact) mass is 951 g/mol. The fourth-order valence-corrected chi connectivity index (χ4v) is 8.14. The van der Waals surface area contributed by atoms with Crippen molar-refractivity contribution < 1.29 is 129 Å². The van der Waals surface area contributed by atoms with Gasteiger partial charge in [0.1, 0.15) is 122 Å². The van der Waals surface area contributed by atoms with Crippen LogP contribution in [-0.4, -0.2) is 276 Å². The third-order valence-corrected chi connectivity index (χ3v) is 11.5. The molecule has 5 fully saturated rings. The van der Waals surface area contributed by atoms with Crippen molar-refractivity contribution in [3.63, 3.8) is 0 Å². The minimum atomic E-state index is -2.09. The summed E-state index contributed by atoms with van der Waals surface area (Å²) in [5, 5.41) is 156. The first-order valence-corrected chi connectivity index (χ1v) is 20.6. The van der Waals surface area contributed by atoms with Crippen LogP contribution in [0.5, 0.6) is 0 Å². The molecule has 0 aromatic rings. The second-order valence-electron chi connectivity index (χ2n) is 16.2. The molecule has 0 aromatic carbocycles. The molecule has 0 spiro atoms. The Balaban J connectivity index is 1.30. The molecule has 0 unspecified atom stereocenters. The van der Waals surface area contributed by atoms with Gasteiger partial charge in [0.2, 0.25) is 17.7 Å². The lowest BCUT2D eigenvalue weighted by molar-refractivity contribution is -0.369. The molecule has 3 amide bonds. The molecule has 376 valence electrons. The lowest BCUT2D eigenvalue weighted by atomic mass is 9.94. The van der Waals surface area contributed by atoms with E-state index in [1.165, 1.54) is 0 Å². The number of amides is 3. The number of aliphatic hydroxyl groups is 14. The van der Waals surface area contributed by atoms with Crippen molar-refractivity contribution in [2.24, 2.45) is 0 Å². The lowest BCUT2D eigenvalue weighted by Crippen LogP contribution is -2.70. The zero-order chi connectivity index (χ0) is 48.2. The van der Waals surface area contributed by atoms with Gasteiger partial charge < -0.3 is 130 Å². The second-order valence-corrected chi connectivity index (χ2v) is 16.2. The van der Waals surface area contributed by atoms with E-state index in [4.69, 9.17) is 42.6 Å². The number of ether oxygens (including phenoxy) is 9. The molecule has 0 bridgehead atoms. The van der Waals surface area contributed by atoms with E-state index in [9.17, 15) is 85.9 Å². The molecule has 5 aliphatic heterocycles. The van der Waals surface area contributed by atoms with E-state index in [1.54, 1.807) is 0 Å². The van der Waals surface area contributed by atoms with Gasteiger partial charge in [0.05, 0.1) is 33.0 Å². The summed E-state index contributed by atoms with van der Waals surface area (Å²) in [6.45, 7) is -1.17. The van der Waals surface area contributed by atoms with Gasteiger partial charge in [-0.05, 0) is 0 Å². The predicted molar refractivity (Wildman–Crippen MR) is 201 cm³/mol. The van der Waals surface area contributed by atoms with Gasteiger partial charge in [0.15, 0.2) is 31.5 Å². The Morgan fingerprint density at radius 2 is 0.800 bits per heavy atom. The highest BCUT2D eigenvalue weighted by molar-refractivity contribution is 5.74. The van der Waals surface area contributed by atoms with Crippen LogP contribution in [0.4, 0.5) is 0 Å². The van der Waals surface area contributed by atoms with Crippen molar-refractivity contribution >= 4 is 17.7 Å². The summed E-state index contributed by atoms with van der Waals surface area (Å²) in [5.74, 6) is -2.17. The van der Waals surface area contributed by atoms with Gasteiger partial charge in [0, 0.05) is 20.8 Å². The van der Waals surface area contributed by atoms with Gasteiger partial charge in [-0.25, -0.2) is 0 Å². The molecule has 5 aliphatic rings. The average molecular weight is 952 g/mol. The van der Waals surface area contributed by atoms with Crippen molar-refractivity contribution in [3.8, 4) is 0 Å². The summed E-state index contributed by atoms with van der Waals surface area (Å²) < 4.78 is 51.1. The first-order chi connectivity index (χ1) is 30.7. The third-order valence-electron chi connectivity index (χ3n) is 11.5. The predicted octanol–water partition coefficient (Wildman–Crippen LogP) is -11.5. The number of aliphatic hydroxyl groups excluding tert-OH is 14. The molecule has 29 heteroatoms. The summed E-state index contributed by atoms with van der Waals surface area (Å²) in [7, 11) is 0. The number of rotatable bonds is 16. The molecule has 5 saturated heterocycles. The van der Waals surface area contributed by atoms with E-state index in [-0.39, 0.29) is 0 Å². The molecule has 5 heterocycles. The van der Waals surface area contributed by atoms with Crippen LogP contribution >= 0.6 is 0 Å². The summed E-state index contributed by atoms with van der Waals surface area (Å²) >= 11 is 0. The van der Waals surface area contributed by atoms with Crippen LogP contribution in [0.25, 0.3) is 0 Å². The second kappa shape index (κ2) is 23.2.